The largest absolute Gasteiger partial charge is 0.206 e. The van der Waals surface area contributed by atoms with Crippen LogP contribution in [0.3, 0.4) is 0 Å². The molecule has 0 aliphatic carbocycles. The molecule has 3 heteroatoms. The molecule has 0 N–H and O–H groups in total. The fraction of sp³-hybridized carbons (Fsp3) is 0.176. The van der Waals surface area contributed by atoms with Gasteiger partial charge in [0.05, 0.1) is 12.4 Å². The molecule has 0 spiro atoms. The second kappa shape index (κ2) is 6.75. The van der Waals surface area contributed by atoms with Crippen LogP contribution in [0, 0.1) is 12.7 Å². The van der Waals surface area contributed by atoms with Crippen molar-refractivity contribution in [3.8, 4) is 0 Å². The van der Waals surface area contributed by atoms with Gasteiger partial charge < -0.3 is 0 Å². The maximum atomic E-state index is 13.7. The van der Waals surface area contributed by atoms with E-state index >= 15 is 0 Å². The van der Waals surface area contributed by atoms with Gasteiger partial charge in [0, 0.05) is 5.56 Å². The molecule has 0 atom stereocenters. The van der Waals surface area contributed by atoms with Crippen LogP contribution < -0.4 is 0 Å². The van der Waals surface area contributed by atoms with Crippen molar-refractivity contribution in [1.29, 1.82) is 0 Å². The van der Waals surface area contributed by atoms with Gasteiger partial charge in [0.2, 0.25) is 0 Å². The minimum absolute atomic E-state index is 0.265. The van der Waals surface area contributed by atoms with Gasteiger partial charge in [0.1, 0.15) is 5.82 Å². The predicted molar refractivity (Wildman–Crippen MR) is 82.1 cm³/mol. The van der Waals surface area contributed by atoms with E-state index in [0.29, 0.717) is 5.56 Å². The molecule has 2 aromatic rings. The number of aryl methyl sites for hydroxylation is 2. The molecule has 0 radical (unpaired) electrons. The molecule has 0 aromatic heterocycles. The van der Waals surface area contributed by atoms with Gasteiger partial charge >= 0.3 is 0 Å². The van der Waals surface area contributed by atoms with E-state index in [4.69, 9.17) is 0 Å². The zero-order chi connectivity index (χ0) is 14.4. The van der Waals surface area contributed by atoms with Crippen molar-refractivity contribution in [3.05, 3.63) is 70.5 Å². The number of halogens is 1. The molecule has 2 nitrogen and oxygen atoms in total. The van der Waals surface area contributed by atoms with E-state index in [9.17, 15) is 4.39 Å². The van der Waals surface area contributed by atoms with Crippen LogP contribution in [0.5, 0.6) is 0 Å². The number of benzene rings is 2. The lowest BCUT2D eigenvalue weighted by Crippen LogP contribution is -1.90. The van der Waals surface area contributed by atoms with Crippen LogP contribution in [0.4, 0.5) is 4.39 Å². The summed E-state index contributed by atoms with van der Waals surface area (Å²) in [6.45, 7) is 4.02. The van der Waals surface area contributed by atoms with Crippen LogP contribution >= 0.6 is 0 Å². The van der Waals surface area contributed by atoms with Gasteiger partial charge in [-0.3, -0.25) is 0 Å². The SMILES string of the molecule is CCc1ccc(C=NN=Cc2ccc(C)cc2)c(F)c1. The summed E-state index contributed by atoms with van der Waals surface area (Å²) < 4.78 is 13.7. The minimum Gasteiger partial charge on any atom is -0.206 e. The van der Waals surface area contributed by atoms with Crippen LogP contribution in [-0.4, -0.2) is 12.4 Å². The molecule has 0 aliphatic heterocycles. The molecule has 0 saturated carbocycles. The maximum Gasteiger partial charge on any atom is 0.132 e. The normalized spacial score (nSPS) is 11.6. The third-order valence-electron chi connectivity index (χ3n) is 3.02. The second-order valence-electron chi connectivity index (χ2n) is 4.61. The fourth-order valence-corrected chi connectivity index (χ4v) is 1.74. The van der Waals surface area contributed by atoms with Crippen molar-refractivity contribution in [2.75, 3.05) is 0 Å². The van der Waals surface area contributed by atoms with E-state index < -0.39 is 0 Å². The molecule has 0 fully saturated rings. The van der Waals surface area contributed by atoms with Crippen LogP contribution in [0.25, 0.3) is 0 Å². The second-order valence-corrected chi connectivity index (χ2v) is 4.61. The summed E-state index contributed by atoms with van der Waals surface area (Å²) in [7, 11) is 0. The van der Waals surface area contributed by atoms with Crippen molar-refractivity contribution in [1.82, 2.24) is 0 Å². The number of hydrogen-bond donors (Lipinski definition) is 0. The maximum absolute atomic E-state index is 13.7. The Hall–Kier alpha value is -2.29. The number of hydrogen-bond acceptors (Lipinski definition) is 2. The topological polar surface area (TPSA) is 24.7 Å². The summed E-state index contributed by atoms with van der Waals surface area (Å²) in [5.74, 6) is -0.265. The Bertz CT molecular complexity index is 628. The third kappa shape index (κ3) is 3.85. The predicted octanol–water partition coefficient (Wildman–Crippen LogP) is 4.15. The van der Waals surface area contributed by atoms with Crippen LogP contribution in [0.15, 0.2) is 52.7 Å². The van der Waals surface area contributed by atoms with Crippen molar-refractivity contribution < 1.29 is 4.39 Å². The van der Waals surface area contributed by atoms with Crippen molar-refractivity contribution in [2.45, 2.75) is 20.3 Å². The molecular formula is C17H17FN2. The molecular weight excluding hydrogens is 251 g/mol. The average molecular weight is 268 g/mol. The van der Waals surface area contributed by atoms with Gasteiger partial charge in [0.15, 0.2) is 0 Å². The summed E-state index contributed by atoms with van der Waals surface area (Å²) in [6, 6.07) is 13.1. The van der Waals surface area contributed by atoms with Gasteiger partial charge in [-0.2, -0.15) is 10.2 Å². The van der Waals surface area contributed by atoms with Gasteiger partial charge in [-0.15, -0.1) is 0 Å². The standard InChI is InChI=1S/C17H17FN2/c1-3-14-8-9-16(17(18)10-14)12-20-19-11-15-6-4-13(2)5-7-15/h4-12H,3H2,1-2H3. The first-order valence-electron chi connectivity index (χ1n) is 6.60. The Balaban J connectivity index is 2.04. The first kappa shape index (κ1) is 14.1. The Kier molecular flexibility index (Phi) is 4.77. The highest BCUT2D eigenvalue weighted by molar-refractivity contribution is 5.82. The molecule has 0 heterocycles. The molecule has 20 heavy (non-hydrogen) atoms. The highest BCUT2D eigenvalue weighted by Gasteiger charge is 1.99. The molecule has 0 bridgehead atoms. The molecule has 102 valence electrons. The van der Waals surface area contributed by atoms with E-state index in [-0.39, 0.29) is 5.82 Å². The van der Waals surface area contributed by atoms with Crippen molar-refractivity contribution in [2.24, 2.45) is 10.2 Å². The minimum atomic E-state index is -0.265. The molecule has 0 unspecified atom stereocenters. The van der Waals surface area contributed by atoms with Gasteiger partial charge in [-0.1, -0.05) is 48.9 Å². The molecule has 0 saturated heterocycles. The van der Waals surface area contributed by atoms with Crippen LogP contribution in [0.1, 0.15) is 29.2 Å². The summed E-state index contributed by atoms with van der Waals surface area (Å²) >= 11 is 0. The Morgan fingerprint density at radius 1 is 1.00 bits per heavy atom. The van der Waals surface area contributed by atoms with E-state index in [0.717, 1.165) is 17.5 Å². The van der Waals surface area contributed by atoms with Gasteiger partial charge in [-0.05, 0) is 30.5 Å². The Morgan fingerprint density at radius 3 is 2.35 bits per heavy atom. The zero-order valence-corrected chi connectivity index (χ0v) is 11.7. The fourth-order valence-electron chi connectivity index (χ4n) is 1.74. The monoisotopic (exact) mass is 268 g/mol. The highest BCUT2D eigenvalue weighted by Crippen LogP contribution is 2.09. The number of nitrogens with zero attached hydrogens (tertiary/aromatic N) is 2. The van der Waals surface area contributed by atoms with E-state index in [1.165, 1.54) is 17.8 Å². The zero-order valence-electron chi connectivity index (χ0n) is 11.7. The lowest BCUT2D eigenvalue weighted by atomic mass is 10.1. The van der Waals surface area contributed by atoms with E-state index in [1.54, 1.807) is 12.3 Å². The van der Waals surface area contributed by atoms with Gasteiger partial charge in [0.25, 0.3) is 0 Å². The first-order valence-corrected chi connectivity index (χ1v) is 6.60. The summed E-state index contributed by atoms with van der Waals surface area (Å²) in [5.41, 5.74) is 3.59. The van der Waals surface area contributed by atoms with Crippen molar-refractivity contribution in [3.63, 3.8) is 0 Å². The lowest BCUT2D eigenvalue weighted by molar-refractivity contribution is 0.624. The Labute approximate surface area is 118 Å². The molecule has 0 aliphatic rings. The summed E-state index contributed by atoms with van der Waals surface area (Å²) in [5, 5.41) is 7.81. The third-order valence-corrected chi connectivity index (χ3v) is 3.02. The van der Waals surface area contributed by atoms with Crippen molar-refractivity contribution >= 4 is 12.4 Å². The average Bonchev–Trinajstić information content (AvgIpc) is 2.46. The number of rotatable bonds is 4. The summed E-state index contributed by atoms with van der Waals surface area (Å²) in [4.78, 5) is 0. The quantitative estimate of drug-likeness (QED) is 0.588. The summed E-state index contributed by atoms with van der Waals surface area (Å²) in [6.07, 6.45) is 3.90. The van der Waals surface area contributed by atoms with Crippen LogP contribution in [0.2, 0.25) is 0 Å². The van der Waals surface area contributed by atoms with Gasteiger partial charge in [-0.25, -0.2) is 4.39 Å². The van der Waals surface area contributed by atoms with E-state index in [1.807, 2.05) is 44.2 Å². The molecule has 2 aromatic carbocycles. The van der Waals surface area contributed by atoms with E-state index in [2.05, 4.69) is 10.2 Å². The first-order chi connectivity index (χ1) is 9.69. The van der Waals surface area contributed by atoms with Crippen LogP contribution in [-0.2, 0) is 6.42 Å². The highest BCUT2D eigenvalue weighted by atomic mass is 19.1. The molecule has 0 amide bonds. The Morgan fingerprint density at radius 2 is 1.70 bits per heavy atom. The lowest BCUT2D eigenvalue weighted by Gasteiger charge is -1.99. The molecule has 2 rings (SSSR count). The smallest absolute Gasteiger partial charge is 0.132 e.